The fourth-order valence-electron chi connectivity index (χ4n) is 4.84. The molecule has 0 saturated heterocycles. The lowest BCUT2D eigenvalue weighted by atomic mass is 10.0. The summed E-state index contributed by atoms with van der Waals surface area (Å²) in [4.78, 5) is 34.6. The van der Waals surface area contributed by atoms with Crippen molar-refractivity contribution in [3.8, 4) is 0 Å². The first-order valence-electron chi connectivity index (χ1n) is 17.0. The Morgan fingerprint density at radius 1 is 0.634 bits per heavy atom. The molecule has 0 aliphatic carbocycles. The molecule has 0 aromatic rings. The molecule has 6 heteroatoms. The molecular formula is C35H63NO5. The van der Waals surface area contributed by atoms with Gasteiger partial charge in [0.25, 0.3) is 0 Å². The van der Waals surface area contributed by atoms with E-state index in [1.54, 1.807) is 0 Å². The van der Waals surface area contributed by atoms with E-state index in [1.165, 1.54) is 70.6 Å². The standard InChI is InChI=1S/C35H63NO5/c1-3-5-7-8-9-10-11-12-13-14-15-16-17-18-19-20-21-26-30-35(40)41-32(27-23-6-4-2)28-24-22-25-29-33(37)36-31-34(38)39/h10-11,13-14,32H,3-9,12,15-31H2,1-2H3,(H,36,37)(H,38,39)/b11-10-,14-13-. The first kappa shape index (κ1) is 38.9. The average Bonchev–Trinajstić information content (AvgIpc) is 2.95. The van der Waals surface area contributed by atoms with Crippen LogP contribution in [0.15, 0.2) is 24.3 Å². The lowest BCUT2D eigenvalue weighted by Crippen LogP contribution is -2.28. The van der Waals surface area contributed by atoms with Crippen LogP contribution in [0.25, 0.3) is 0 Å². The van der Waals surface area contributed by atoms with Gasteiger partial charge in [-0.05, 0) is 70.6 Å². The van der Waals surface area contributed by atoms with Crippen molar-refractivity contribution in [3.05, 3.63) is 24.3 Å². The van der Waals surface area contributed by atoms with Gasteiger partial charge in [0.2, 0.25) is 5.91 Å². The summed E-state index contributed by atoms with van der Waals surface area (Å²) in [5.74, 6) is -1.33. The quantitative estimate of drug-likeness (QED) is 0.0504. The number of hydrogen-bond acceptors (Lipinski definition) is 4. The van der Waals surface area contributed by atoms with Crippen molar-refractivity contribution in [1.29, 1.82) is 0 Å². The van der Waals surface area contributed by atoms with Crippen molar-refractivity contribution >= 4 is 17.8 Å². The number of ether oxygens (including phenoxy) is 1. The Morgan fingerprint density at radius 3 is 1.73 bits per heavy atom. The number of aliphatic carboxylic acids is 1. The second-order valence-electron chi connectivity index (χ2n) is 11.4. The van der Waals surface area contributed by atoms with E-state index in [4.69, 9.17) is 9.84 Å². The molecular weight excluding hydrogens is 514 g/mol. The fourth-order valence-corrected chi connectivity index (χ4v) is 4.84. The van der Waals surface area contributed by atoms with Crippen molar-refractivity contribution in [2.24, 2.45) is 0 Å². The zero-order chi connectivity index (χ0) is 30.2. The summed E-state index contributed by atoms with van der Waals surface area (Å²) in [5, 5.41) is 11.0. The van der Waals surface area contributed by atoms with E-state index < -0.39 is 5.97 Å². The number of carbonyl (C=O) groups excluding carboxylic acids is 2. The van der Waals surface area contributed by atoms with Crippen LogP contribution in [-0.4, -0.2) is 35.6 Å². The summed E-state index contributed by atoms with van der Waals surface area (Å²) in [6, 6.07) is 0. The number of amides is 1. The van der Waals surface area contributed by atoms with Gasteiger partial charge in [-0.2, -0.15) is 0 Å². The molecule has 1 atom stereocenters. The number of nitrogens with one attached hydrogen (secondary N) is 1. The number of carboxylic acids is 1. The van der Waals surface area contributed by atoms with Gasteiger partial charge >= 0.3 is 11.9 Å². The molecule has 0 rings (SSSR count). The molecule has 6 nitrogen and oxygen atoms in total. The van der Waals surface area contributed by atoms with Gasteiger partial charge in [-0.1, -0.05) is 109 Å². The normalized spacial score (nSPS) is 12.2. The molecule has 1 unspecified atom stereocenters. The van der Waals surface area contributed by atoms with Gasteiger partial charge in [0.1, 0.15) is 12.6 Å². The molecule has 0 saturated carbocycles. The molecule has 1 amide bonds. The molecule has 41 heavy (non-hydrogen) atoms. The van der Waals surface area contributed by atoms with Gasteiger partial charge in [0, 0.05) is 12.8 Å². The van der Waals surface area contributed by atoms with Crippen LogP contribution in [0.4, 0.5) is 0 Å². The Bertz CT molecular complexity index is 688. The summed E-state index contributed by atoms with van der Waals surface area (Å²) >= 11 is 0. The second-order valence-corrected chi connectivity index (χ2v) is 11.4. The van der Waals surface area contributed by atoms with E-state index in [2.05, 4.69) is 43.5 Å². The summed E-state index contributed by atoms with van der Waals surface area (Å²) in [6.07, 6.45) is 34.7. The first-order chi connectivity index (χ1) is 20.0. The van der Waals surface area contributed by atoms with Gasteiger partial charge < -0.3 is 15.2 Å². The van der Waals surface area contributed by atoms with E-state index in [9.17, 15) is 14.4 Å². The molecule has 0 aromatic carbocycles. The zero-order valence-corrected chi connectivity index (χ0v) is 26.6. The molecule has 2 N–H and O–H groups in total. The summed E-state index contributed by atoms with van der Waals surface area (Å²) in [6.45, 7) is 4.09. The fraction of sp³-hybridized carbons (Fsp3) is 0.800. The van der Waals surface area contributed by atoms with Gasteiger partial charge in [0.05, 0.1) is 0 Å². The van der Waals surface area contributed by atoms with Crippen molar-refractivity contribution in [2.45, 2.75) is 174 Å². The summed E-state index contributed by atoms with van der Waals surface area (Å²) < 4.78 is 5.83. The predicted molar refractivity (Wildman–Crippen MR) is 171 cm³/mol. The Kier molecular flexibility index (Phi) is 29.3. The number of esters is 1. The van der Waals surface area contributed by atoms with Crippen molar-refractivity contribution < 1.29 is 24.2 Å². The molecule has 0 radical (unpaired) electrons. The van der Waals surface area contributed by atoms with E-state index in [1.807, 2.05) is 0 Å². The zero-order valence-electron chi connectivity index (χ0n) is 26.6. The Balaban J connectivity index is 3.81. The largest absolute Gasteiger partial charge is 0.480 e. The minimum absolute atomic E-state index is 0.0319. The topological polar surface area (TPSA) is 92.7 Å². The lowest BCUT2D eigenvalue weighted by molar-refractivity contribution is -0.150. The lowest BCUT2D eigenvalue weighted by Gasteiger charge is -2.18. The highest BCUT2D eigenvalue weighted by Crippen LogP contribution is 2.17. The molecule has 0 fully saturated rings. The van der Waals surface area contributed by atoms with Crippen LogP contribution in [0, 0.1) is 0 Å². The number of unbranched alkanes of at least 4 members (excludes halogenated alkanes) is 15. The van der Waals surface area contributed by atoms with E-state index in [-0.39, 0.29) is 24.5 Å². The monoisotopic (exact) mass is 577 g/mol. The molecule has 0 bridgehead atoms. The molecule has 238 valence electrons. The molecule has 0 spiro atoms. The molecule has 0 aromatic heterocycles. The maximum atomic E-state index is 12.4. The third kappa shape index (κ3) is 30.7. The number of carboxylic acid groups (broad SMARTS) is 1. The Hall–Kier alpha value is -2.11. The molecule has 0 aliphatic rings. The average molecular weight is 578 g/mol. The van der Waals surface area contributed by atoms with E-state index in [0.717, 1.165) is 64.2 Å². The summed E-state index contributed by atoms with van der Waals surface area (Å²) in [7, 11) is 0. The van der Waals surface area contributed by atoms with Crippen LogP contribution in [0.5, 0.6) is 0 Å². The third-order valence-electron chi connectivity index (χ3n) is 7.38. The highest BCUT2D eigenvalue weighted by atomic mass is 16.5. The van der Waals surface area contributed by atoms with E-state index in [0.29, 0.717) is 19.3 Å². The minimum Gasteiger partial charge on any atom is -0.480 e. The molecule has 0 aliphatic heterocycles. The van der Waals surface area contributed by atoms with Crippen molar-refractivity contribution in [2.75, 3.05) is 6.54 Å². The maximum Gasteiger partial charge on any atom is 0.322 e. The Morgan fingerprint density at radius 2 is 1.12 bits per heavy atom. The second kappa shape index (κ2) is 30.8. The van der Waals surface area contributed by atoms with Crippen LogP contribution in [0.2, 0.25) is 0 Å². The first-order valence-corrected chi connectivity index (χ1v) is 17.0. The smallest absolute Gasteiger partial charge is 0.322 e. The number of rotatable bonds is 30. The van der Waals surface area contributed by atoms with Crippen LogP contribution in [-0.2, 0) is 19.1 Å². The van der Waals surface area contributed by atoms with Gasteiger partial charge in [-0.25, -0.2) is 0 Å². The van der Waals surface area contributed by atoms with Crippen LogP contribution in [0.3, 0.4) is 0 Å². The van der Waals surface area contributed by atoms with Gasteiger partial charge in [0.15, 0.2) is 0 Å². The Labute approximate surface area is 252 Å². The van der Waals surface area contributed by atoms with Gasteiger partial charge in [-0.3, -0.25) is 14.4 Å². The number of hydrogen-bond donors (Lipinski definition) is 2. The van der Waals surface area contributed by atoms with Crippen LogP contribution < -0.4 is 5.32 Å². The molecule has 0 heterocycles. The third-order valence-corrected chi connectivity index (χ3v) is 7.38. The van der Waals surface area contributed by atoms with Crippen molar-refractivity contribution in [3.63, 3.8) is 0 Å². The minimum atomic E-state index is -1.03. The van der Waals surface area contributed by atoms with Crippen LogP contribution >= 0.6 is 0 Å². The highest BCUT2D eigenvalue weighted by molar-refractivity contribution is 5.80. The SMILES string of the molecule is CCCCCC/C=C\C/C=C\CCCCCCCCCC(=O)OC(CCCCC)CCCCCC(=O)NCC(=O)O. The maximum absolute atomic E-state index is 12.4. The summed E-state index contributed by atoms with van der Waals surface area (Å²) in [5.41, 5.74) is 0. The highest BCUT2D eigenvalue weighted by Gasteiger charge is 2.14. The number of carbonyl (C=O) groups is 3. The predicted octanol–water partition coefficient (Wildman–Crippen LogP) is 9.61. The van der Waals surface area contributed by atoms with E-state index >= 15 is 0 Å². The van der Waals surface area contributed by atoms with Crippen LogP contribution in [0.1, 0.15) is 168 Å². The van der Waals surface area contributed by atoms with Gasteiger partial charge in [-0.15, -0.1) is 0 Å². The number of allylic oxidation sites excluding steroid dienone is 4. The van der Waals surface area contributed by atoms with Crippen molar-refractivity contribution in [1.82, 2.24) is 5.32 Å².